The molecule has 1 fully saturated rings. The molecule has 24 heavy (non-hydrogen) atoms. The molecule has 1 aromatic heterocycles. The zero-order chi connectivity index (χ0) is 16.4. The van der Waals surface area contributed by atoms with Gasteiger partial charge in [0.05, 0.1) is 21.8 Å². The first-order valence-electron chi connectivity index (χ1n) is 8.19. The maximum atomic E-state index is 9.00. The Bertz CT molecular complexity index is 903. The first-order valence-corrected chi connectivity index (χ1v) is 9.01. The molecular weight excluding hydrogens is 316 g/mol. The lowest BCUT2D eigenvalue weighted by Crippen LogP contribution is -2.18. The molecule has 0 amide bonds. The van der Waals surface area contributed by atoms with Crippen LogP contribution in [0.2, 0.25) is 0 Å². The number of benzene rings is 2. The SMILES string of the molecule is N#Cc1ccc2nc(Nc3cccc(CN4CCCC4)c3)sc2c1. The number of nitrogens with one attached hydrogen (secondary N) is 1. The molecule has 0 bridgehead atoms. The highest BCUT2D eigenvalue weighted by molar-refractivity contribution is 7.22. The van der Waals surface area contributed by atoms with Crippen LogP contribution in [-0.4, -0.2) is 23.0 Å². The van der Waals surface area contributed by atoms with Crippen LogP contribution < -0.4 is 5.32 Å². The molecule has 2 aromatic carbocycles. The predicted molar refractivity (Wildman–Crippen MR) is 98.6 cm³/mol. The minimum atomic E-state index is 0.672. The van der Waals surface area contributed by atoms with Gasteiger partial charge in [0.25, 0.3) is 0 Å². The lowest BCUT2D eigenvalue weighted by atomic mass is 10.2. The summed E-state index contributed by atoms with van der Waals surface area (Å²) < 4.78 is 1.03. The maximum absolute atomic E-state index is 9.00. The number of hydrogen-bond acceptors (Lipinski definition) is 5. The van der Waals surface area contributed by atoms with Crippen LogP contribution >= 0.6 is 11.3 Å². The van der Waals surface area contributed by atoms with E-state index in [1.165, 1.54) is 31.5 Å². The lowest BCUT2D eigenvalue weighted by Gasteiger charge is -2.15. The van der Waals surface area contributed by atoms with Crippen LogP contribution in [-0.2, 0) is 6.54 Å². The molecule has 0 saturated carbocycles. The molecule has 5 heteroatoms. The van der Waals surface area contributed by atoms with Crippen LogP contribution in [0.3, 0.4) is 0 Å². The molecule has 0 spiro atoms. The fourth-order valence-corrected chi connectivity index (χ4v) is 4.04. The van der Waals surface area contributed by atoms with Gasteiger partial charge < -0.3 is 5.32 Å². The molecule has 1 aliphatic rings. The number of anilines is 2. The minimum absolute atomic E-state index is 0.672. The third kappa shape index (κ3) is 3.25. The van der Waals surface area contributed by atoms with E-state index in [-0.39, 0.29) is 0 Å². The third-order valence-corrected chi connectivity index (χ3v) is 5.23. The summed E-state index contributed by atoms with van der Waals surface area (Å²) in [5.74, 6) is 0. The largest absolute Gasteiger partial charge is 0.332 e. The number of likely N-dealkylation sites (tertiary alicyclic amines) is 1. The van der Waals surface area contributed by atoms with Crippen molar-refractivity contribution in [2.45, 2.75) is 19.4 Å². The van der Waals surface area contributed by atoms with Crippen molar-refractivity contribution in [2.24, 2.45) is 0 Å². The molecule has 0 aliphatic carbocycles. The van der Waals surface area contributed by atoms with Gasteiger partial charge in [0.1, 0.15) is 0 Å². The van der Waals surface area contributed by atoms with E-state index in [2.05, 4.69) is 45.5 Å². The van der Waals surface area contributed by atoms with Crippen molar-refractivity contribution in [2.75, 3.05) is 18.4 Å². The molecule has 0 radical (unpaired) electrons. The molecule has 0 atom stereocenters. The first-order chi connectivity index (χ1) is 11.8. The van der Waals surface area contributed by atoms with Crippen molar-refractivity contribution >= 4 is 32.4 Å². The Balaban J connectivity index is 1.53. The van der Waals surface area contributed by atoms with Gasteiger partial charge in [0.2, 0.25) is 0 Å². The lowest BCUT2D eigenvalue weighted by molar-refractivity contribution is 0.331. The molecule has 1 aliphatic heterocycles. The number of hydrogen-bond donors (Lipinski definition) is 1. The van der Waals surface area contributed by atoms with Crippen molar-refractivity contribution in [1.82, 2.24) is 9.88 Å². The number of rotatable bonds is 4. The van der Waals surface area contributed by atoms with E-state index in [1.807, 2.05) is 18.2 Å². The second kappa shape index (κ2) is 6.60. The van der Waals surface area contributed by atoms with Crippen LogP contribution in [0.1, 0.15) is 24.0 Å². The Labute approximate surface area is 145 Å². The van der Waals surface area contributed by atoms with Gasteiger partial charge in [-0.1, -0.05) is 23.5 Å². The molecule has 4 nitrogen and oxygen atoms in total. The van der Waals surface area contributed by atoms with Gasteiger partial charge in [0.15, 0.2) is 5.13 Å². The molecule has 0 unspecified atom stereocenters. The molecule has 1 N–H and O–H groups in total. The normalized spacial score (nSPS) is 14.8. The van der Waals surface area contributed by atoms with Crippen molar-refractivity contribution in [3.05, 3.63) is 53.6 Å². The van der Waals surface area contributed by atoms with Crippen molar-refractivity contribution < 1.29 is 0 Å². The monoisotopic (exact) mass is 334 g/mol. The van der Waals surface area contributed by atoms with Gasteiger partial charge in [-0.05, 0) is 61.8 Å². The zero-order valence-corrected chi connectivity index (χ0v) is 14.1. The fraction of sp³-hybridized carbons (Fsp3) is 0.263. The Morgan fingerprint density at radius 1 is 1.17 bits per heavy atom. The molecular formula is C19H18N4S. The molecule has 2 heterocycles. The van der Waals surface area contributed by atoms with Crippen LogP contribution in [0, 0.1) is 11.3 Å². The Kier molecular flexibility index (Phi) is 4.16. The summed E-state index contributed by atoms with van der Waals surface area (Å²) in [6, 6.07) is 16.3. The molecule has 3 aromatic rings. The van der Waals surface area contributed by atoms with Gasteiger partial charge in [-0.3, -0.25) is 4.90 Å². The van der Waals surface area contributed by atoms with E-state index in [4.69, 9.17) is 5.26 Å². The second-order valence-corrected chi connectivity index (χ2v) is 7.15. The van der Waals surface area contributed by atoms with Gasteiger partial charge >= 0.3 is 0 Å². The Morgan fingerprint density at radius 2 is 2.04 bits per heavy atom. The number of thiazole rings is 1. The van der Waals surface area contributed by atoms with E-state index < -0.39 is 0 Å². The smallest absolute Gasteiger partial charge is 0.188 e. The van der Waals surface area contributed by atoms with Crippen LogP contribution in [0.4, 0.5) is 10.8 Å². The summed E-state index contributed by atoms with van der Waals surface area (Å²) in [7, 11) is 0. The standard InChI is InChI=1S/C19H18N4S/c20-12-14-6-7-17-18(11-14)24-19(22-17)21-16-5-3-4-15(10-16)13-23-8-1-2-9-23/h3-7,10-11H,1-2,8-9,13H2,(H,21,22). The summed E-state index contributed by atoms with van der Waals surface area (Å²) in [4.78, 5) is 7.10. The quantitative estimate of drug-likeness (QED) is 0.763. The highest BCUT2D eigenvalue weighted by Gasteiger charge is 2.12. The fourth-order valence-electron chi connectivity index (χ4n) is 3.12. The highest BCUT2D eigenvalue weighted by Crippen LogP contribution is 2.29. The summed E-state index contributed by atoms with van der Waals surface area (Å²) in [6.07, 6.45) is 2.63. The maximum Gasteiger partial charge on any atom is 0.188 e. The second-order valence-electron chi connectivity index (χ2n) is 6.12. The van der Waals surface area contributed by atoms with Crippen LogP contribution in [0.5, 0.6) is 0 Å². The predicted octanol–water partition coefficient (Wildman–Crippen LogP) is 4.51. The van der Waals surface area contributed by atoms with Crippen molar-refractivity contribution in [3.63, 3.8) is 0 Å². The highest BCUT2D eigenvalue weighted by atomic mass is 32.1. The van der Waals surface area contributed by atoms with E-state index in [0.29, 0.717) is 5.56 Å². The minimum Gasteiger partial charge on any atom is -0.332 e. The summed E-state index contributed by atoms with van der Waals surface area (Å²) >= 11 is 1.58. The number of aromatic nitrogens is 1. The number of nitriles is 1. The number of nitrogens with zero attached hydrogens (tertiary/aromatic N) is 3. The van der Waals surface area contributed by atoms with E-state index in [0.717, 1.165) is 27.6 Å². The molecule has 4 rings (SSSR count). The van der Waals surface area contributed by atoms with E-state index in [1.54, 1.807) is 11.3 Å². The first kappa shape index (κ1) is 15.1. The zero-order valence-electron chi connectivity index (χ0n) is 13.3. The third-order valence-electron chi connectivity index (χ3n) is 4.30. The molecule has 120 valence electrons. The number of fused-ring (bicyclic) bond motifs is 1. The van der Waals surface area contributed by atoms with Crippen LogP contribution in [0.25, 0.3) is 10.2 Å². The summed E-state index contributed by atoms with van der Waals surface area (Å²) in [5, 5.41) is 13.3. The van der Waals surface area contributed by atoms with E-state index >= 15 is 0 Å². The van der Waals surface area contributed by atoms with Crippen molar-refractivity contribution in [1.29, 1.82) is 5.26 Å². The molecule has 1 saturated heterocycles. The summed E-state index contributed by atoms with van der Waals surface area (Å²) in [5.41, 5.74) is 3.99. The topological polar surface area (TPSA) is 52.0 Å². The van der Waals surface area contributed by atoms with Gasteiger partial charge in [0, 0.05) is 12.2 Å². The van der Waals surface area contributed by atoms with Crippen molar-refractivity contribution in [3.8, 4) is 6.07 Å². The average molecular weight is 334 g/mol. The summed E-state index contributed by atoms with van der Waals surface area (Å²) in [6.45, 7) is 3.42. The van der Waals surface area contributed by atoms with E-state index in [9.17, 15) is 0 Å². The van der Waals surface area contributed by atoms with Crippen LogP contribution in [0.15, 0.2) is 42.5 Å². The Morgan fingerprint density at radius 3 is 2.88 bits per heavy atom. The Hall–Kier alpha value is -2.42. The average Bonchev–Trinajstić information content (AvgIpc) is 3.23. The van der Waals surface area contributed by atoms with Gasteiger partial charge in [-0.25, -0.2) is 4.98 Å². The van der Waals surface area contributed by atoms with Gasteiger partial charge in [-0.15, -0.1) is 0 Å². The van der Waals surface area contributed by atoms with Gasteiger partial charge in [-0.2, -0.15) is 5.26 Å².